The number of hydrogen-bond acceptors (Lipinski definition) is 4. The maximum atomic E-state index is 12.5. The first-order chi connectivity index (χ1) is 13.6. The molecule has 0 atom stereocenters. The van der Waals surface area contributed by atoms with Crippen molar-refractivity contribution in [1.82, 2.24) is 20.2 Å². The van der Waals surface area contributed by atoms with Crippen LogP contribution in [0.1, 0.15) is 5.56 Å². The van der Waals surface area contributed by atoms with Crippen LogP contribution in [0.25, 0.3) is 10.9 Å². The highest BCUT2D eigenvalue weighted by molar-refractivity contribution is 6.32. The number of aromatic hydroxyl groups is 1. The van der Waals surface area contributed by atoms with Gasteiger partial charge in [-0.05, 0) is 42.3 Å². The van der Waals surface area contributed by atoms with E-state index in [1.54, 1.807) is 18.3 Å². The highest BCUT2D eigenvalue weighted by Crippen LogP contribution is 2.24. The van der Waals surface area contributed by atoms with Crippen molar-refractivity contribution in [2.24, 2.45) is 0 Å². The number of halogens is 1. The summed E-state index contributed by atoms with van der Waals surface area (Å²) >= 11 is 6.21. The molecule has 146 valence electrons. The molecule has 1 saturated heterocycles. The Kier molecular flexibility index (Phi) is 5.25. The number of urea groups is 1. The Morgan fingerprint density at radius 1 is 1.25 bits per heavy atom. The predicted octanol–water partition coefficient (Wildman–Crippen LogP) is 3.00. The lowest BCUT2D eigenvalue weighted by atomic mass is 10.1. The van der Waals surface area contributed by atoms with Gasteiger partial charge in [0, 0.05) is 56.0 Å². The zero-order valence-corrected chi connectivity index (χ0v) is 16.1. The summed E-state index contributed by atoms with van der Waals surface area (Å²) in [6, 6.07) is 8.82. The van der Waals surface area contributed by atoms with Crippen LogP contribution in [0.4, 0.5) is 10.6 Å². The molecule has 1 aliphatic heterocycles. The summed E-state index contributed by atoms with van der Waals surface area (Å²) in [7, 11) is 0. The number of pyridine rings is 1. The van der Waals surface area contributed by atoms with Gasteiger partial charge in [-0.1, -0.05) is 11.6 Å². The Morgan fingerprint density at radius 2 is 2.07 bits per heavy atom. The Labute approximate surface area is 167 Å². The first-order valence-corrected chi connectivity index (χ1v) is 9.67. The minimum atomic E-state index is -0.0607. The third-order valence-corrected chi connectivity index (χ3v) is 5.32. The summed E-state index contributed by atoms with van der Waals surface area (Å²) in [5, 5.41) is 14.3. The van der Waals surface area contributed by atoms with E-state index in [2.05, 4.69) is 20.2 Å². The fourth-order valence-corrected chi connectivity index (χ4v) is 3.76. The third kappa shape index (κ3) is 3.84. The average Bonchev–Trinajstić information content (AvgIpc) is 3.10. The van der Waals surface area contributed by atoms with Crippen LogP contribution in [0.5, 0.6) is 5.75 Å². The number of nitrogens with zero attached hydrogens (tertiary/aromatic N) is 3. The van der Waals surface area contributed by atoms with Gasteiger partial charge in [-0.25, -0.2) is 9.78 Å². The van der Waals surface area contributed by atoms with Gasteiger partial charge in [0.05, 0.1) is 5.02 Å². The molecule has 28 heavy (non-hydrogen) atoms. The molecule has 2 amide bonds. The molecule has 0 spiro atoms. The van der Waals surface area contributed by atoms with Crippen molar-refractivity contribution < 1.29 is 9.90 Å². The van der Waals surface area contributed by atoms with Gasteiger partial charge >= 0.3 is 6.03 Å². The molecule has 0 bridgehead atoms. The van der Waals surface area contributed by atoms with Crippen LogP contribution >= 0.6 is 11.6 Å². The Bertz CT molecular complexity index is 982. The molecule has 2 aromatic heterocycles. The van der Waals surface area contributed by atoms with Crippen LogP contribution in [0.15, 0.2) is 42.7 Å². The van der Waals surface area contributed by atoms with Crippen molar-refractivity contribution in [3.63, 3.8) is 0 Å². The topological polar surface area (TPSA) is 84.5 Å². The molecule has 3 N–H and O–H groups in total. The van der Waals surface area contributed by atoms with E-state index in [1.165, 1.54) is 0 Å². The monoisotopic (exact) mass is 399 g/mol. The number of hydrogen-bond donors (Lipinski definition) is 3. The van der Waals surface area contributed by atoms with Crippen molar-refractivity contribution in [3.05, 3.63) is 53.3 Å². The molecule has 1 fully saturated rings. The van der Waals surface area contributed by atoms with Gasteiger partial charge in [-0.15, -0.1) is 0 Å². The number of carbonyl (C=O) groups is 1. The summed E-state index contributed by atoms with van der Waals surface area (Å²) in [5.74, 6) is 1.01. The lowest BCUT2D eigenvalue weighted by Gasteiger charge is -2.35. The average molecular weight is 400 g/mol. The first kappa shape index (κ1) is 18.4. The molecule has 3 heterocycles. The number of piperazine rings is 1. The summed E-state index contributed by atoms with van der Waals surface area (Å²) < 4.78 is 0. The number of H-pyrrole nitrogens is 1. The third-order valence-electron chi connectivity index (χ3n) is 5.03. The second-order valence-corrected chi connectivity index (χ2v) is 7.22. The van der Waals surface area contributed by atoms with Crippen molar-refractivity contribution in [1.29, 1.82) is 0 Å². The van der Waals surface area contributed by atoms with Crippen LogP contribution in [-0.2, 0) is 6.42 Å². The van der Waals surface area contributed by atoms with Gasteiger partial charge in [0.25, 0.3) is 0 Å². The minimum absolute atomic E-state index is 0.0607. The van der Waals surface area contributed by atoms with Gasteiger partial charge in [0.15, 0.2) is 0 Å². The van der Waals surface area contributed by atoms with E-state index in [9.17, 15) is 9.90 Å². The molecular weight excluding hydrogens is 378 g/mol. The lowest BCUT2D eigenvalue weighted by molar-refractivity contribution is 0.194. The van der Waals surface area contributed by atoms with Gasteiger partial charge < -0.3 is 25.2 Å². The Hall–Kier alpha value is -2.93. The number of fused-ring (bicyclic) bond motifs is 1. The van der Waals surface area contributed by atoms with Crippen LogP contribution in [0.3, 0.4) is 0 Å². The maximum Gasteiger partial charge on any atom is 0.317 e. The smallest absolute Gasteiger partial charge is 0.317 e. The summed E-state index contributed by atoms with van der Waals surface area (Å²) in [6.45, 7) is 3.19. The van der Waals surface area contributed by atoms with E-state index >= 15 is 0 Å². The number of nitrogens with one attached hydrogen (secondary N) is 2. The highest BCUT2D eigenvalue weighted by atomic mass is 35.5. The number of anilines is 1. The molecule has 0 saturated carbocycles. The second kappa shape index (κ2) is 7.98. The standard InChI is InChI=1S/C20H22ClN5O2/c21-17-2-1-6-22-19(17)25-8-10-26(11-9-25)20(28)23-7-5-14-13-24-18-4-3-15(27)12-16(14)18/h1-4,6,12-13,24,27H,5,7-11H2,(H,23,28). The Morgan fingerprint density at radius 3 is 2.86 bits per heavy atom. The second-order valence-electron chi connectivity index (χ2n) is 6.81. The molecule has 3 aromatic rings. The lowest BCUT2D eigenvalue weighted by Crippen LogP contribution is -2.52. The van der Waals surface area contributed by atoms with Crippen LogP contribution in [0, 0.1) is 0 Å². The highest BCUT2D eigenvalue weighted by Gasteiger charge is 2.22. The molecule has 1 aromatic carbocycles. The number of aromatic nitrogens is 2. The van der Waals surface area contributed by atoms with Gasteiger partial charge in [-0.2, -0.15) is 0 Å². The Balaban J connectivity index is 1.28. The number of benzene rings is 1. The van der Waals surface area contributed by atoms with Crippen LogP contribution < -0.4 is 10.2 Å². The number of rotatable bonds is 4. The molecular formula is C20H22ClN5O2. The van der Waals surface area contributed by atoms with Crippen molar-refractivity contribution in [2.75, 3.05) is 37.6 Å². The normalized spacial score (nSPS) is 14.5. The molecule has 4 rings (SSSR count). The fourth-order valence-electron chi connectivity index (χ4n) is 3.52. The summed E-state index contributed by atoms with van der Waals surface area (Å²) in [5.41, 5.74) is 2.05. The number of aromatic amines is 1. The van der Waals surface area contributed by atoms with E-state index in [-0.39, 0.29) is 11.8 Å². The van der Waals surface area contributed by atoms with E-state index in [4.69, 9.17) is 11.6 Å². The van der Waals surface area contributed by atoms with Crippen LogP contribution in [-0.4, -0.2) is 58.7 Å². The molecule has 1 aliphatic rings. The zero-order chi connectivity index (χ0) is 19.5. The van der Waals surface area contributed by atoms with E-state index < -0.39 is 0 Å². The van der Waals surface area contributed by atoms with Gasteiger partial charge in [0.1, 0.15) is 11.6 Å². The summed E-state index contributed by atoms with van der Waals surface area (Å²) in [4.78, 5) is 23.9. The predicted molar refractivity (Wildman–Crippen MR) is 110 cm³/mol. The first-order valence-electron chi connectivity index (χ1n) is 9.29. The van der Waals surface area contributed by atoms with Gasteiger partial charge in [0.2, 0.25) is 0 Å². The van der Waals surface area contributed by atoms with E-state index in [1.807, 2.05) is 29.3 Å². The number of phenols is 1. The molecule has 7 nitrogen and oxygen atoms in total. The van der Waals surface area contributed by atoms with Crippen LogP contribution in [0.2, 0.25) is 5.02 Å². The molecule has 0 unspecified atom stereocenters. The van der Waals surface area contributed by atoms with Crippen molar-refractivity contribution in [3.8, 4) is 5.75 Å². The van der Waals surface area contributed by atoms with Gasteiger partial charge in [-0.3, -0.25) is 0 Å². The maximum absolute atomic E-state index is 12.5. The largest absolute Gasteiger partial charge is 0.508 e. The fraction of sp³-hybridized carbons (Fsp3) is 0.300. The number of amides is 2. The molecule has 0 aliphatic carbocycles. The minimum Gasteiger partial charge on any atom is -0.508 e. The van der Waals surface area contributed by atoms with E-state index in [0.29, 0.717) is 44.2 Å². The quantitative estimate of drug-likeness (QED) is 0.629. The SMILES string of the molecule is O=C(NCCc1c[nH]c2ccc(O)cc12)N1CCN(c2ncccc2Cl)CC1. The van der Waals surface area contributed by atoms with Crippen molar-refractivity contribution >= 4 is 34.4 Å². The number of phenolic OH excluding ortho intramolecular Hbond substituents is 1. The molecule has 8 heteroatoms. The van der Waals surface area contributed by atoms with Crippen molar-refractivity contribution in [2.45, 2.75) is 6.42 Å². The van der Waals surface area contributed by atoms with E-state index in [0.717, 1.165) is 22.3 Å². The zero-order valence-electron chi connectivity index (χ0n) is 15.4. The number of carbonyl (C=O) groups excluding carboxylic acids is 1. The molecule has 0 radical (unpaired) electrons. The summed E-state index contributed by atoms with van der Waals surface area (Å²) in [6.07, 6.45) is 4.34.